The van der Waals surface area contributed by atoms with Gasteiger partial charge in [0, 0.05) is 5.69 Å². The average Bonchev–Trinajstić information content (AvgIpc) is 2.70. The van der Waals surface area contributed by atoms with E-state index in [1.165, 1.54) is 18.5 Å². The molecule has 0 bridgehead atoms. The lowest BCUT2D eigenvalue weighted by atomic mass is 10.1. The van der Waals surface area contributed by atoms with E-state index in [-0.39, 0.29) is 23.1 Å². The Morgan fingerprint density at radius 2 is 1.66 bits per heavy atom. The van der Waals surface area contributed by atoms with Crippen molar-refractivity contribution in [1.82, 2.24) is 9.97 Å². The van der Waals surface area contributed by atoms with Crippen LogP contribution in [0, 0.1) is 0 Å². The van der Waals surface area contributed by atoms with Gasteiger partial charge < -0.3 is 15.8 Å². The third-order valence-electron chi connectivity index (χ3n) is 4.24. The molecule has 4 rings (SSSR count). The molecule has 0 aliphatic heterocycles. The smallest absolute Gasteiger partial charge is 0.416 e. The monoisotopic (exact) mass is 396 g/mol. The van der Waals surface area contributed by atoms with Gasteiger partial charge >= 0.3 is 6.18 Å². The highest BCUT2D eigenvalue weighted by molar-refractivity contribution is 5.84. The van der Waals surface area contributed by atoms with Crippen molar-refractivity contribution < 1.29 is 17.9 Å². The second-order valence-electron chi connectivity index (χ2n) is 6.26. The molecule has 0 aliphatic carbocycles. The molecular formula is C21H15F3N4O. The van der Waals surface area contributed by atoms with Crippen molar-refractivity contribution in [3.63, 3.8) is 0 Å². The Hall–Kier alpha value is -3.81. The quantitative estimate of drug-likeness (QED) is 0.458. The standard InChI is InChI=1S/C21H15F3N4O/c22-21(23,24)15-6-3-7-16(11-15)28-19-18(25)20(27-12-26-19)29-17-9-8-13-4-1-2-5-14(13)10-17/h1-12H,25H2,(H,26,27,28). The second-order valence-corrected chi connectivity index (χ2v) is 6.26. The highest BCUT2D eigenvalue weighted by atomic mass is 19.4. The molecule has 0 fully saturated rings. The first-order valence-electron chi connectivity index (χ1n) is 8.61. The summed E-state index contributed by atoms with van der Waals surface area (Å²) in [7, 11) is 0. The third kappa shape index (κ3) is 4.06. The molecule has 5 nitrogen and oxygen atoms in total. The molecule has 0 spiro atoms. The molecule has 0 aliphatic rings. The van der Waals surface area contributed by atoms with Gasteiger partial charge in [-0.3, -0.25) is 0 Å². The number of aromatic nitrogens is 2. The number of hydrogen-bond donors (Lipinski definition) is 2. The number of nitrogens with zero attached hydrogens (tertiary/aromatic N) is 2. The molecular weight excluding hydrogens is 381 g/mol. The number of anilines is 3. The zero-order chi connectivity index (χ0) is 20.4. The van der Waals surface area contributed by atoms with Crippen LogP contribution in [0.25, 0.3) is 10.8 Å². The van der Waals surface area contributed by atoms with Crippen LogP contribution in [0.2, 0.25) is 0 Å². The van der Waals surface area contributed by atoms with E-state index in [2.05, 4.69) is 15.3 Å². The van der Waals surface area contributed by atoms with Gasteiger partial charge in [0.2, 0.25) is 5.88 Å². The summed E-state index contributed by atoms with van der Waals surface area (Å²) >= 11 is 0. The number of rotatable bonds is 4. The number of halogens is 3. The van der Waals surface area contributed by atoms with Crippen molar-refractivity contribution in [3.8, 4) is 11.6 Å². The molecule has 3 aromatic carbocycles. The summed E-state index contributed by atoms with van der Waals surface area (Å²) in [6.45, 7) is 0. The van der Waals surface area contributed by atoms with Crippen LogP contribution in [0.15, 0.2) is 73.1 Å². The van der Waals surface area contributed by atoms with Crippen LogP contribution in [0.1, 0.15) is 5.56 Å². The van der Waals surface area contributed by atoms with Gasteiger partial charge in [0.1, 0.15) is 17.8 Å². The number of fused-ring (bicyclic) bond motifs is 1. The Morgan fingerprint density at radius 1 is 0.862 bits per heavy atom. The van der Waals surface area contributed by atoms with Gasteiger partial charge in [-0.25, -0.2) is 4.98 Å². The summed E-state index contributed by atoms with van der Waals surface area (Å²) < 4.78 is 44.5. The topological polar surface area (TPSA) is 73.1 Å². The summed E-state index contributed by atoms with van der Waals surface area (Å²) in [4.78, 5) is 8.04. The molecule has 0 radical (unpaired) electrons. The predicted octanol–water partition coefficient (Wildman–Crippen LogP) is 5.77. The summed E-state index contributed by atoms with van der Waals surface area (Å²) in [6, 6.07) is 18.1. The average molecular weight is 396 g/mol. The largest absolute Gasteiger partial charge is 0.437 e. The van der Waals surface area contributed by atoms with Gasteiger partial charge in [-0.1, -0.05) is 36.4 Å². The van der Waals surface area contributed by atoms with Crippen LogP contribution in [0.5, 0.6) is 11.6 Å². The lowest BCUT2D eigenvalue weighted by molar-refractivity contribution is -0.137. The first-order chi connectivity index (χ1) is 13.9. The zero-order valence-corrected chi connectivity index (χ0v) is 14.9. The minimum Gasteiger partial charge on any atom is -0.437 e. The van der Waals surface area contributed by atoms with Crippen LogP contribution >= 0.6 is 0 Å². The first-order valence-corrected chi connectivity index (χ1v) is 8.61. The Balaban J connectivity index is 1.60. The van der Waals surface area contributed by atoms with Gasteiger partial charge in [-0.2, -0.15) is 18.2 Å². The van der Waals surface area contributed by atoms with Gasteiger partial charge in [-0.05, 0) is 41.1 Å². The van der Waals surface area contributed by atoms with Crippen LogP contribution in [0.3, 0.4) is 0 Å². The van der Waals surface area contributed by atoms with Gasteiger partial charge in [0.25, 0.3) is 0 Å². The molecule has 0 saturated heterocycles. The molecule has 146 valence electrons. The van der Waals surface area contributed by atoms with Crippen LogP contribution < -0.4 is 15.8 Å². The van der Waals surface area contributed by atoms with Gasteiger partial charge in [0.15, 0.2) is 5.82 Å². The van der Waals surface area contributed by atoms with E-state index in [9.17, 15) is 13.2 Å². The highest BCUT2D eigenvalue weighted by Crippen LogP contribution is 2.34. The van der Waals surface area contributed by atoms with Crippen LogP contribution in [-0.4, -0.2) is 9.97 Å². The number of nitrogens with two attached hydrogens (primary N) is 1. The summed E-state index contributed by atoms with van der Waals surface area (Å²) in [5.74, 6) is 0.777. The van der Waals surface area contributed by atoms with E-state index in [1.807, 2.05) is 36.4 Å². The van der Waals surface area contributed by atoms with E-state index in [0.29, 0.717) is 5.75 Å². The lowest BCUT2D eigenvalue weighted by Gasteiger charge is -2.13. The first kappa shape index (κ1) is 18.5. The number of nitrogen functional groups attached to an aromatic ring is 1. The predicted molar refractivity (Wildman–Crippen MR) is 105 cm³/mol. The third-order valence-corrected chi connectivity index (χ3v) is 4.24. The fourth-order valence-corrected chi connectivity index (χ4v) is 2.81. The number of nitrogens with one attached hydrogen (secondary N) is 1. The van der Waals surface area contributed by atoms with Crippen molar-refractivity contribution in [2.75, 3.05) is 11.1 Å². The van der Waals surface area contributed by atoms with Gasteiger partial charge in [-0.15, -0.1) is 0 Å². The number of alkyl halides is 3. The Kier molecular flexibility index (Phi) is 4.67. The SMILES string of the molecule is Nc1c(Nc2cccc(C(F)(F)F)c2)ncnc1Oc1ccc2ccccc2c1. The second kappa shape index (κ2) is 7.31. The van der Waals surface area contributed by atoms with Crippen molar-refractivity contribution >= 4 is 28.0 Å². The number of ether oxygens (including phenoxy) is 1. The molecule has 0 amide bonds. The van der Waals surface area contributed by atoms with E-state index in [4.69, 9.17) is 10.5 Å². The lowest BCUT2D eigenvalue weighted by Crippen LogP contribution is -2.06. The van der Waals surface area contributed by atoms with Crippen LogP contribution in [-0.2, 0) is 6.18 Å². The van der Waals surface area contributed by atoms with Crippen molar-refractivity contribution in [3.05, 3.63) is 78.6 Å². The minimum atomic E-state index is -4.45. The molecule has 0 atom stereocenters. The van der Waals surface area contributed by atoms with Crippen LogP contribution in [0.4, 0.5) is 30.4 Å². The molecule has 1 heterocycles. The molecule has 29 heavy (non-hydrogen) atoms. The normalized spacial score (nSPS) is 11.4. The van der Waals surface area contributed by atoms with E-state index in [0.717, 1.165) is 22.9 Å². The molecule has 4 aromatic rings. The maximum atomic E-state index is 12.9. The number of benzene rings is 3. The molecule has 0 unspecified atom stereocenters. The van der Waals surface area contributed by atoms with Crippen molar-refractivity contribution in [2.24, 2.45) is 0 Å². The molecule has 8 heteroatoms. The van der Waals surface area contributed by atoms with E-state index < -0.39 is 11.7 Å². The maximum Gasteiger partial charge on any atom is 0.416 e. The Bertz CT molecular complexity index is 1180. The molecule has 1 aromatic heterocycles. The van der Waals surface area contributed by atoms with Crippen molar-refractivity contribution in [2.45, 2.75) is 6.18 Å². The Morgan fingerprint density at radius 3 is 2.45 bits per heavy atom. The van der Waals surface area contributed by atoms with E-state index in [1.54, 1.807) is 6.07 Å². The van der Waals surface area contributed by atoms with E-state index >= 15 is 0 Å². The summed E-state index contributed by atoms with van der Waals surface area (Å²) in [5.41, 5.74) is 5.58. The zero-order valence-electron chi connectivity index (χ0n) is 14.9. The van der Waals surface area contributed by atoms with Gasteiger partial charge in [0.05, 0.1) is 5.56 Å². The highest BCUT2D eigenvalue weighted by Gasteiger charge is 2.30. The maximum absolute atomic E-state index is 12.9. The minimum absolute atomic E-state index is 0.0815. The number of hydrogen-bond acceptors (Lipinski definition) is 5. The van der Waals surface area contributed by atoms with Crippen molar-refractivity contribution in [1.29, 1.82) is 0 Å². The summed E-state index contributed by atoms with van der Waals surface area (Å²) in [5, 5.41) is 4.83. The Labute approximate surface area is 164 Å². The fourth-order valence-electron chi connectivity index (χ4n) is 2.81. The summed E-state index contributed by atoms with van der Waals surface area (Å²) in [6.07, 6.45) is -3.22. The molecule has 0 saturated carbocycles. The molecule has 3 N–H and O–H groups in total. The fraction of sp³-hybridized carbons (Fsp3) is 0.0476.